The largest absolute Gasteiger partial charge is 0.0622 e. The second-order valence-electron chi connectivity index (χ2n) is 9.81. The van der Waals surface area contributed by atoms with Gasteiger partial charge < -0.3 is 0 Å². The summed E-state index contributed by atoms with van der Waals surface area (Å²) in [7, 11) is 0. The highest BCUT2D eigenvalue weighted by Gasteiger charge is 2.28. The van der Waals surface area contributed by atoms with Crippen molar-refractivity contribution in [3.63, 3.8) is 0 Å². The van der Waals surface area contributed by atoms with Crippen LogP contribution in [0.4, 0.5) is 0 Å². The van der Waals surface area contributed by atoms with E-state index in [1.165, 1.54) is 33.4 Å². The Morgan fingerprint density at radius 3 is 1.62 bits per heavy atom. The van der Waals surface area contributed by atoms with Crippen LogP contribution in [0.1, 0.15) is 84.7 Å². The van der Waals surface area contributed by atoms with E-state index in [0.29, 0.717) is 11.8 Å². The van der Waals surface area contributed by atoms with Gasteiger partial charge in [0.05, 0.1) is 0 Å². The van der Waals surface area contributed by atoms with Gasteiger partial charge in [0.2, 0.25) is 0 Å². The Kier molecular flexibility index (Phi) is 8.01. The van der Waals surface area contributed by atoms with Crippen molar-refractivity contribution in [1.29, 1.82) is 0 Å². The number of rotatable bonds is 9. The molecule has 0 heterocycles. The molecule has 0 nitrogen and oxygen atoms in total. The maximum Gasteiger partial charge on any atom is -0.000922 e. The standard InChI is InChI=1S/C34H36/c1-25(2)30-19-13-16-28(22-30)24-33(29-17-9-6-10-18-29)34(23-27-14-7-5-8-15-27)32-21-12-11-20-31(32)26(3)4/h5-26,33-34H,1-4H3. The second kappa shape index (κ2) is 11.3. The van der Waals surface area contributed by atoms with E-state index in [4.69, 9.17) is 0 Å². The van der Waals surface area contributed by atoms with Gasteiger partial charge in [-0.05, 0) is 69.9 Å². The van der Waals surface area contributed by atoms with Crippen molar-refractivity contribution >= 4 is 0 Å². The first-order chi connectivity index (χ1) is 16.5. The lowest BCUT2D eigenvalue weighted by molar-refractivity contribution is 0.659. The van der Waals surface area contributed by atoms with E-state index in [2.05, 4.69) is 150 Å². The summed E-state index contributed by atoms with van der Waals surface area (Å²) in [6.07, 6.45) is 4.93. The molecule has 0 aromatic heterocycles. The summed E-state index contributed by atoms with van der Waals surface area (Å²) in [6, 6.07) is 39.8. The molecular formula is C34H36. The lowest BCUT2D eigenvalue weighted by Crippen LogP contribution is -2.16. The molecule has 2 radical (unpaired) electrons. The quantitative estimate of drug-likeness (QED) is 0.241. The Labute approximate surface area is 206 Å². The molecular weight excluding hydrogens is 408 g/mol. The van der Waals surface area contributed by atoms with Crippen LogP contribution in [0.5, 0.6) is 0 Å². The summed E-state index contributed by atoms with van der Waals surface area (Å²) in [5.74, 6) is 1.40. The van der Waals surface area contributed by atoms with Crippen LogP contribution in [0.25, 0.3) is 0 Å². The molecule has 0 bridgehead atoms. The lowest BCUT2D eigenvalue weighted by Gasteiger charge is -2.31. The minimum Gasteiger partial charge on any atom is -0.0622 e. The van der Waals surface area contributed by atoms with Crippen LogP contribution in [-0.2, 0) is 0 Å². The van der Waals surface area contributed by atoms with Crippen LogP contribution < -0.4 is 0 Å². The van der Waals surface area contributed by atoms with E-state index in [9.17, 15) is 0 Å². The third kappa shape index (κ3) is 5.86. The van der Waals surface area contributed by atoms with E-state index in [-0.39, 0.29) is 11.8 Å². The molecule has 172 valence electrons. The number of hydrogen-bond acceptors (Lipinski definition) is 0. The van der Waals surface area contributed by atoms with Crippen LogP contribution in [-0.4, -0.2) is 0 Å². The Hall–Kier alpha value is -3.12. The highest BCUT2D eigenvalue weighted by Crippen LogP contribution is 2.43. The van der Waals surface area contributed by atoms with Gasteiger partial charge >= 0.3 is 0 Å². The van der Waals surface area contributed by atoms with E-state index >= 15 is 0 Å². The summed E-state index contributed by atoms with van der Waals surface area (Å²) in [6.45, 7) is 9.12. The van der Waals surface area contributed by atoms with Crippen LogP contribution in [0.2, 0.25) is 0 Å². The molecule has 0 saturated heterocycles. The average Bonchev–Trinajstić information content (AvgIpc) is 2.87. The summed E-state index contributed by atoms with van der Waals surface area (Å²) in [5, 5.41) is 0. The maximum atomic E-state index is 2.47. The first kappa shape index (κ1) is 24.0. The van der Waals surface area contributed by atoms with Crippen molar-refractivity contribution in [3.05, 3.63) is 155 Å². The zero-order valence-corrected chi connectivity index (χ0v) is 20.9. The highest BCUT2D eigenvalue weighted by molar-refractivity contribution is 5.45. The molecule has 0 aliphatic rings. The summed E-state index contributed by atoms with van der Waals surface area (Å²) < 4.78 is 0. The summed E-state index contributed by atoms with van der Waals surface area (Å²) in [5.41, 5.74) is 8.10. The molecule has 0 N–H and O–H groups in total. The van der Waals surface area contributed by atoms with Crippen molar-refractivity contribution in [1.82, 2.24) is 0 Å². The van der Waals surface area contributed by atoms with Crippen molar-refractivity contribution in [3.8, 4) is 0 Å². The molecule has 0 heteroatoms. The smallest absolute Gasteiger partial charge is 0.000922 e. The van der Waals surface area contributed by atoms with Crippen molar-refractivity contribution in [2.75, 3.05) is 0 Å². The van der Waals surface area contributed by atoms with Crippen LogP contribution >= 0.6 is 0 Å². The fraction of sp³-hybridized carbons (Fsp3) is 0.235. The van der Waals surface area contributed by atoms with Gasteiger partial charge in [-0.1, -0.05) is 137 Å². The molecule has 4 rings (SSSR count). The molecule has 2 atom stereocenters. The number of benzene rings is 4. The highest BCUT2D eigenvalue weighted by atomic mass is 14.3. The van der Waals surface area contributed by atoms with E-state index in [1.54, 1.807) is 0 Å². The van der Waals surface area contributed by atoms with E-state index in [0.717, 1.165) is 0 Å². The molecule has 4 aromatic carbocycles. The van der Waals surface area contributed by atoms with Crippen LogP contribution in [0, 0.1) is 12.8 Å². The van der Waals surface area contributed by atoms with Gasteiger partial charge in [-0.2, -0.15) is 0 Å². The third-order valence-corrected chi connectivity index (χ3v) is 6.67. The van der Waals surface area contributed by atoms with Gasteiger partial charge in [0.1, 0.15) is 0 Å². The molecule has 4 aromatic rings. The van der Waals surface area contributed by atoms with Gasteiger partial charge in [0.15, 0.2) is 0 Å². The summed E-state index contributed by atoms with van der Waals surface area (Å²) >= 11 is 0. The van der Waals surface area contributed by atoms with E-state index in [1.807, 2.05) is 0 Å². The SMILES string of the molecule is CC(C)c1cccc([CH]C(c2ccccc2)C([CH]c2ccccc2)c2ccccc2C(C)C)c1. The van der Waals surface area contributed by atoms with Crippen molar-refractivity contribution in [2.24, 2.45) is 0 Å². The van der Waals surface area contributed by atoms with Crippen LogP contribution in [0.15, 0.2) is 109 Å². The lowest BCUT2D eigenvalue weighted by atomic mass is 9.73. The van der Waals surface area contributed by atoms with Crippen molar-refractivity contribution < 1.29 is 0 Å². The first-order valence-electron chi connectivity index (χ1n) is 12.5. The zero-order chi connectivity index (χ0) is 23.9. The second-order valence-corrected chi connectivity index (χ2v) is 9.81. The van der Waals surface area contributed by atoms with Crippen molar-refractivity contribution in [2.45, 2.75) is 51.4 Å². The predicted molar refractivity (Wildman–Crippen MR) is 146 cm³/mol. The Bertz CT molecular complexity index is 1150. The maximum absolute atomic E-state index is 2.47. The zero-order valence-electron chi connectivity index (χ0n) is 20.9. The molecule has 0 fully saturated rings. The van der Waals surface area contributed by atoms with Gasteiger partial charge in [-0.15, -0.1) is 0 Å². The fourth-order valence-corrected chi connectivity index (χ4v) is 4.81. The first-order valence-corrected chi connectivity index (χ1v) is 12.5. The third-order valence-electron chi connectivity index (χ3n) is 6.67. The predicted octanol–water partition coefficient (Wildman–Crippen LogP) is 9.31. The summed E-state index contributed by atoms with van der Waals surface area (Å²) in [4.78, 5) is 0. The normalized spacial score (nSPS) is 13.2. The molecule has 0 aliphatic heterocycles. The van der Waals surface area contributed by atoms with Gasteiger partial charge in [-0.3, -0.25) is 0 Å². The minimum atomic E-state index is 0.212. The van der Waals surface area contributed by atoms with Crippen LogP contribution in [0.3, 0.4) is 0 Å². The van der Waals surface area contributed by atoms with Gasteiger partial charge in [-0.25, -0.2) is 0 Å². The molecule has 0 aliphatic carbocycles. The van der Waals surface area contributed by atoms with Gasteiger partial charge in [0.25, 0.3) is 0 Å². The molecule has 0 saturated carbocycles. The monoisotopic (exact) mass is 444 g/mol. The molecule has 34 heavy (non-hydrogen) atoms. The topological polar surface area (TPSA) is 0 Å². The Morgan fingerprint density at radius 1 is 0.441 bits per heavy atom. The Balaban J connectivity index is 1.83. The molecule has 0 spiro atoms. The Morgan fingerprint density at radius 2 is 0.971 bits per heavy atom. The molecule has 2 unspecified atom stereocenters. The fourth-order valence-electron chi connectivity index (χ4n) is 4.81. The van der Waals surface area contributed by atoms with E-state index < -0.39 is 0 Å². The molecule has 0 amide bonds. The minimum absolute atomic E-state index is 0.212. The number of hydrogen-bond donors (Lipinski definition) is 0. The average molecular weight is 445 g/mol. The van der Waals surface area contributed by atoms with Gasteiger partial charge in [0, 0.05) is 0 Å².